The van der Waals surface area contributed by atoms with Crippen molar-refractivity contribution in [1.82, 2.24) is 34.7 Å². The maximum Gasteiger partial charge on any atom is 0.337 e. The number of halogens is 2. The van der Waals surface area contributed by atoms with Crippen LogP contribution in [-0.4, -0.2) is 45.8 Å². The molecule has 0 spiro atoms. The van der Waals surface area contributed by atoms with Crippen LogP contribution < -0.4 is 5.56 Å². The van der Waals surface area contributed by atoms with Crippen molar-refractivity contribution < 1.29 is 9.90 Å². The lowest BCUT2D eigenvalue weighted by Gasteiger charge is -2.15. The Morgan fingerprint density at radius 2 is 1.95 bits per heavy atom. The van der Waals surface area contributed by atoms with Gasteiger partial charge < -0.3 is 14.7 Å². The Labute approximate surface area is 219 Å². The van der Waals surface area contributed by atoms with Crippen LogP contribution in [0.4, 0.5) is 0 Å². The minimum atomic E-state index is -1.11. The maximum atomic E-state index is 13.4. The number of carboxylic acid groups (broad SMARTS) is 1. The zero-order valence-corrected chi connectivity index (χ0v) is 20.5. The molecule has 5 aromatic rings. The van der Waals surface area contributed by atoms with Crippen LogP contribution in [0.2, 0.25) is 10.0 Å². The normalized spacial score (nSPS) is 14.6. The molecule has 0 saturated heterocycles. The average molecular weight is 534 g/mol. The van der Waals surface area contributed by atoms with E-state index in [1.54, 1.807) is 41.1 Å². The number of tetrazole rings is 1. The van der Waals surface area contributed by atoms with E-state index < -0.39 is 5.97 Å². The molecule has 0 saturated carbocycles. The van der Waals surface area contributed by atoms with Crippen LogP contribution in [0.25, 0.3) is 28.1 Å². The summed E-state index contributed by atoms with van der Waals surface area (Å²) in [6.45, 7) is 0. The van der Waals surface area contributed by atoms with Crippen molar-refractivity contribution in [2.45, 2.75) is 18.9 Å². The van der Waals surface area contributed by atoms with Gasteiger partial charge in [0.25, 0.3) is 5.56 Å². The Morgan fingerprint density at radius 3 is 2.73 bits per heavy atom. The molecule has 10 nitrogen and oxygen atoms in total. The number of benzene rings is 2. The van der Waals surface area contributed by atoms with Crippen molar-refractivity contribution >= 4 is 29.2 Å². The number of nitrogens with one attached hydrogen (secondary N) is 1. The molecule has 1 atom stereocenters. The number of fused-ring (bicyclic) bond motifs is 1. The Balaban J connectivity index is 1.37. The van der Waals surface area contributed by atoms with E-state index in [2.05, 4.69) is 25.5 Å². The lowest BCUT2D eigenvalue weighted by Crippen LogP contribution is -2.23. The summed E-state index contributed by atoms with van der Waals surface area (Å²) in [6.07, 6.45) is 4.47. The first-order valence-electron chi connectivity index (χ1n) is 11.3. The predicted octanol–water partition coefficient (Wildman–Crippen LogP) is 4.42. The first-order chi connectivity index (χ1) is 17.9. The lowest BCUT2D eigenvalue weighted by molar-refractivity contribution is 0.0697. The number of nitrogens with zero attached hydrogens (tertiary/aromatic N) is 6. The molecule has 4 heterocycles. The number of imidazole rings is 1. The minimum Gasteiger partial charge on any atom is -0.478 e. The van der Waals surface area contributed by atoms with Gasteiger partial charge >= 0.3 is 5.97 Å². The maximum absolute atomic E-state index is 13.4. The lowest BCUT2D eigenvalue weighted by atomic mass is 10.0. The highest BCUT2D eigenvalue weighted by Gasteiger charge is 2.28. The number of aromatic carboxylic acids is 1. The molecule has 0 unspecified atom stereocenters. The standard InChI is InChI=1S/C25H17Cl2N7O3/c26-15-2-5-21(33-12-29-31-32-33)17(10-15)14-7-16-3-6-22(34(16)23(35)9-14)24-28-11-20(30-24)13-1-4-19(27)18(8-13)25(36)37/h1-2,4-5,7-12,22H,3,6H2,(H,28,30)(H,36,37)/t22-/m0/s1. The number of hydrogen-bond acceptors (Lipinski definition) is 6. The third-order valence-electron chi connectivity index (χ3n) is 6.42. The number of rotatable bonds is 5. The summed E-state index contributed by atoms with van der Waals surface area (Å²) in [6, 6.07) is 13.4. The number of aromatic amines is 1. The van der Waals surface area contributed by atoms with Crippen LogP contribution in [0.15, 0.2) is 65.8 Å². The van der Waals surface area contributed by atoms with E-state index in [9.17, 15) is 14.7 Å². The molecule has 0 radical (unpaired) electrons. The van der Waals surface area contributed by atoms with E-state index in [-0.39, 0.29) is 22.2 Å². The minimum absolute atomic E-state index is 0.00679. The smallest absolute Gasteiger partial charge is 0.337 e. The van der Waals surface area contributed by atoms with Crippen LogP contribution in [-0.2, 0) is 6.42 Å². The van der Waals surface area contributed by atoms with E-state index in [1.165, 1.54) is 23.1 Å². The molecule has 6 rings (SSSR count). The van der Waals surface area contributed by atoms with Crippen LogP contribution in [0.3, 0.4) is 0 Å². The Bertz CT molecular complexity index is 1730. The van der Waals surface area contributed by atoms with Crippen molar-refractivity contribution in [2.24, 2.45) is 0 Å². The fourth-order valence-corrected chi connectivity index (χ4v) is 5.10. The van der Waals surface area contributed by atoms with Crippen LogP contribution in [0, 0.1) is 0 Å². The summed E-state index contributed by atoms with van der Waals surface area (Å²) < 4.78 is 3.26. The van der Waals surface area contributed by atoms with Crippen molar-refractivity contribution in [2.75, 3.05) is 0 Å². The van der Waals surface area contributed by atoms with Gasteiger partial charge in [0, 0.05) is 27.9 Å². The van der Waals surface area contributed by atoms with Crippen LogP contribution >= 0.6 is 23.2 Å². The van der Waals surface area contributed by atoms with Gasteiger partial charge in [0.1, 0.15) is 12.2 Å². The summed E-state index contributed by atoms with van der Waals surface area (Å²) in [5, 5.41) is 21.4. The topological polar surface area (TPSA) is 132 Å². The highest BCUT2D eigenvalue weighted by atomic mass is 35.5. The Hall–Kier alpha value is -4.28. The first-order valence-corrected chi connectivity index (χ1v) is 12.0. The first kappa shape index (κ1) is 23.1. The van der Waals surface area contributed by atoms with Gasteiger partial charge in [0.15, 0.2) is 0 Å². The molecule has 0 amide bonds. The summed E-state index contributed by atoms with van der Waals surface area (Å²) >= 11 is 12.3. The highest BCUT2D eigenvalue weighted by Crippen LogP contribution is 2.34. The molecule has 0 bridgehead atoms. The largest absolute Gasteiger partial charge is 0.478 e. The van der Waals surface area contributed by atoms with Crippen molar-refractivity contribution in [3.63, 3.8) is 0 Å². The van der Waals surface area contributed by atoms with E-state index in [0.29, 0.717) is 46.2 Å². The van der Waals surface area contributed by atoms with Gasteiger partial charge in [-0.15, -0.1) is 5.10 Å². The van der Waals surface area contributed by atoms with E-state index in [1.807, 2.05) is 6.07 Å². The number of hydrogen-bond donors (Lipinski definition) is 2. The van der Waals surface area contributed by atoms with Crippen molar-refractivity contribution in [3.8, 4) is 28.1 Å². The van der Waals surface area contributed by atoms with Crippen molar-refractivity contribution in [1.29, 1.82) is 0 Å². The van der Waals surface area contributed by atoms with E-state index in [4.69, 9.17) is 23.2 Å². The van der Waals surface area contributed by atoms with Gasteiger partial charge in [-0.2, -0.15) is 4.68 Å². The number of carbonyl (C=O) groups is 1. The monoisotopic (exact) mass is 533 g/mol. The van der Waals surface area contributed by atoms with Crippen LogP contribution in [0.5, 0.6) is 0 Å². The summed E-state index contributed by atoms with van der Waals surface area (Å²) in [5.41, 5.74) is 4.13. The molecule has 12 heteroatoms. The second-order valence-electron chi connectivity index (χ2n) is 8.60. The number of pyridine rings is 1. The Kier molecular flexibility index (Phi) is 5.62. The quantitative estimate of drug-likeness (QED) is 0.341. The number of carboxylic acids is 1. The van der Waals surface area contributed by atoms with Gasteiger partial charge in [0.2, 0.25) is 0 Å². The molecule has 184 valence electrons. The molecule has 1 aliphatic heterocycles. The summed E-state index contributed by atoms with van der Waals surface area (Å²) in [4.78, 5) is 32.6. The second-order valence-corrected chi connectivity index (χ2v) is 9.44. The molecule has 1 aliphatic rings. The zero-order valence-electron chi connectivity index (χ0n) is 19.0. The summed E-state index contributed by atoms with van der Waals surface area (Å²) in [7, 11) is 0. The average Bonchev–Trinajstić information content (AvgIpc) is 3.64. The Morgan fingerprint density at radius 1 is 1.08 bits per heavy atom. The molecule has 0 aliphatic carbocycles. The van der Waals surface area contributed by atoms with E-state index >= 15 is 0 Å². The van der Waals surface area contributed by atoms with E-state index in [0.717, 1.165) is 11.3 Å². The number of aryl methyl sites for hydroxylation is 1. The molecule has 0 fully saturated rings. The third-order valence-corrected chi connectivity index (χ3v) is 6.98. The molecule has 2 aromatic carbocycles. The SMILES string of the molecule is O=C(O)c1cc(-c2cnc([C@@H]3CCc4cc(-c5cc(Cl)ccc5-n5cnnn5)cc(=O)n43)[nH]2)ccc1Cl. The molecule has 3 aromatic heterocycles. The fraction of sp³-hybridized carbons (Fsp3) is 0.120. The molecular formula is C25H17Cl2N7O3. The van der Waals surface area contributed by atoms with Gasteiger partial charge in [-0.3, -0.25) is 4.79 Å². The van der Waals surface area contributed by atoms with Gasteiger partial charge in [-0.1, -0.05) is 29.3 Å². The number of H-pyrrole nitrogens is 1. The van der Waals surface area contributed by atoms with Crippen molar-refractivity contribution in [3.05, 3.63) is 98.5 Å². The predicted molar refractivity (Wildman–Crippen MR) is 136 cm³/mol. The van der Waals surface area contributed by atoms with Gasteiger partial charge in [0.05, 0.1) is 34.2 Å². The second kappa shape index (κ2) is 8.99. The van der Waals surface area contributed by atoms with Gasteiger partial charge in [-0.25, -0.2) is 9.78 Å². The molecule has 2 N–H and O–H groups in total. The third kappa shape index (κ3) is 4.09. The number of aromatic nitrogens is 7. The van der Waals surface area contributed by atoms with Gasteiger partial charge in [-0.05, 0) is 65.2 Å². The highest BCUT2D eigenvalue weighted by molar-refractivity contribution is 6.33. The fourth-order valence-electron chi connectivity index (χ4n) is 4.73. The summed E-state index contributed by atoms with van der Waals surface area (Å²) in [5.74, 6) is -0.492. The molecule has 37 heavy (non-hydrogen) atoms. The van der Waals surface area contributed by atoms with Crippen LogP contribution in [0.1, 0.15) is 34.3 Å². The molecular weight excluding hydrogens is 517 g/mol. The zero-order chi connectivity index (χ0) is 25.7.